The lowest BCUT2D eigenvalue weighted by Crippen LogP contribution is -2.44. The van der Waals surface area contributed by atoms with Crippen LogP contribution in [0.2, 0.25) is 0 Å². The molecule has 0 amide bonds. The van der Waals surface area contributed by atoms with Crippen LogP contribution in [0.25, 0.3) is 0 Å². The highest BCUT2D eigenvalue weighted by Gasteiger charge is 2.29. The minimum atomic E-state index is -3.48. The number of ether oxygens (including phenoxy) is 1. The number of hydrogen-bond donors (Lipinski definition) is 0. The highest BCUT2D eigenvalue weighted by Crippen LogP contribution is 2.27. The molecule has 0 aromatic carbocycles. The van der Waals surface area contributed by atoms with Gasteiger partial charge in [0.05, 0.1) is 17.7 Å². The molecule has 6 nitrogen and oxygen atoms in total. The summed E-state index contributed by atoms with van der Waals surface area (Å²) in [6.07, 6.45) is 7.02. The van der Waals surface area contributed by atoms with E-state index in [1.54, 1.807) is 29.2 Å². The first-order chi connectivity index (χ1) is 13.9. The van der Waals surface area contributed by atoms with Crippen LogP contribution in [0.5, 0.6) is 0 Å². The van der Waals surface area contributed by atoms with Gasteiger partial charge in [-0.3, -0.25) is 4.90 Å². The quantitative estimate of drug-likeness (QED) is 0.576. The summed E-state index contributed by atoms with van der Waals surface area (Å²) < 4.78 is 33.3. The van der Waals surface area contributed by atoms with Gasteiger partial charge in [-0.15, -0.1) is 11.8 Å². The molecule has 2 aliphatic rings. The van der Waals surface area contributed by atoms with Gasteiger partial charge in [-0.05, 0) is 30.9 Å². The Hall–Kier alpha value is -0.670. The van der Waals surface area contributed by atoms with Crippen molar-refractivity contribution in [2.75, 3.05) is 39.0 Å². The van der Waals surface area contributed by atoms with Gasteiger partial charge in [-0.2, -0.15) is 4.31 Å². The van der Waals surface area contributed by atoms with E-state index in [9.17, 15) is 8.42 Å². The van der Waals surface area contributed by atoms with Crippen LogP contribution in [-0.4, -0.2) is 73.8 Å². The third-order valence-electron chi connectivity index (χ3n) is 5.74. The van der Waals surface area contributed by atoms with Gasteiger partial charge in [0.15, 0.2) is 0 Å². The molecule has 2 heterocycles. The Morgan fingerprint density at radius 2 is 2.03 bits per heavy atom. The van der Waals surface area contributed by atoms with E-state index in [0.29, 0.717) is 5.92 Å². The van der Waals surface area contributed by atoms with Crippen LogP contribution in [0.4, 0.5) is 0 Å². The van der Waals surface area contributed by atoms with Crippen LogP contribution in [0.15, 0.2) is 28.3 Å². The summed E-state index contributed by atoms with van der Waals surface area (Å²) in [6.45, 7) is 8.30. The molecule has 1 aliphatic carbocycles. The zero-order valence-corrected chi connectivity index (χ0v) is 19.6. The van der Waals surface area contributed by atoms with Gasteiger partial charge in [0.25, 0.3) is 0 Å². The van der Waals surface area contributed by atoms with Crippen molar-refractivity contribution in [2.45, 2.75) is 68.0 Å². The third-order valence-corrected chi connectivity index (χ3v) is 8.71. The first-order valence-corrected chi connectivity index (χ1v) is 13.2. The van der Waals surface area contributed by atoms with E-state index in [1.807, 2.05) is 6.07 Å². The minimum Gasteiger partial charge on any atom is -0.375 e. The molecule has 29 heavy (non-hydrogen) atoms. The summed E-state index contributed by atoms with van der Waals surface area (Å²) >= 11 is 1.63. The van der Waals surface area contributed by atoms with Crippen LogP contribution in [0.3, 0.4) is 0 Å². The van der Waals surface area contributed by atoms with Crippen LogP contribution in [0.1, 0.15) is 46.0 Å². The van der Waals surface area contributed by atoms with Gasteiger partial charge in [-0.1, -0.05) is 33.1 Å². The van der Waals surface area contributed by atoms with Gasteiger partial charge in [0.1, 0.15) is 4.90 Å². The summed E-state index contributed by atoms with van der Waals surface area (Å²) in [5.74, 6) is 1.49. The fourth-order valence-corrected chi connectivity index (χ4v) is 6.37. The van der Waals surface area contributed by atoms with Gasteiger partial charge in [0, 0.05) is 44.7 Å². The van der Waals surface area contributed by atoms with Crippen molar-refractivity contribution in [3.8, 4) is 0 Å². The molecule has 1 aromatic rings. The maximum absolute atomic E-state index is 12.9. The predicted octanol–water partition coefficient (Wildman–Crippen LogP) is 3.48. The molecule has 0 radical (unpaired) electrons. The lowest BCUT2D eigenvalue weighted by Gasteiger charge is -2.33. The van der Waals surface area contributed by atoms with Gasteiger partial charge >= 0.3 is 0 Å². The zero-order valence-electron chi connectivity index (χ0n) is 17.9. The van der Waals surface area contributed by atoms with Crippen LogP contribution in [-0.2, 0) is 14.8 Å². The summed E-state index contributed by atoms with van der Waals surface area (Å²) in [6, 6.07) is 3.62. The number of morpholine rings is 1. The number of hydrogen-bond acceptors (Lipinski definition) is 6. The second-order valence-corrected chi connectivity index (χ2v) is 11.6. The molecule has 1 atom stereocenters. The van der Waals surface area contributed by atoms with Gasteiger partial charge < -0.3 is 4.74 Å². The molecule has 1 aliphatic heterocycles. The van der Waals surface area contributed by atoms with Gasteiger partial charge in [-0.25, -0.2) is 13.4 Å². The summed E-state index contributed by atoms with van der Waals surface area (Å²) in [4.78, 5) is 7.16. The molecule has 0 N–H and O–H groups in total. The van der Waals surface area contributed by atoms with Crippen molar-refractivity contribution < 1.29 is 13.2 Å². The topological polar surface area (TPSA) is 62.7 Å². The van der Waals surface area contributed by atoms with E-state index in [1.165, 1.54) is 12.6 Å². The largest absolute Gasteiger partial charge is 0.375 e. The first-order valence-electron chi connectivity index (χ1n) is 10.8. The minimum absolute atomic E-state index is 0.111. The number of nitrogens with zero attached hydrogens (tertiary/aromatic N) is 3. The molecule has 0 bridgehead atoms. The predicted molar refractivity (Wildman–Crippen MR) is 118 cm³/mol. The molecule has 0 unspecified atom stereocenters. The molecule has 8 heteroatoms. The SMILES string of the molecule is CC(C)CN1CCO[C@H](CSc2ccc(S(=O)(=O)N(C)C3CCCCC3)cn2)C1. The van der Waals surface area contributed by atoms with E-state index >= 15 is 0 Å². The Balaban J connectivity index is 1.54. The van der Waals surface area contributed by atoms with Crippen molar-refractivity contribution in [3.63, 3.8) is 0 Å². The molecule has 0 spiro atoms. The fourth-order valence-electron chi connectivity index (χ4n) is 4.15. The Morgan fingerprint density at radius 3 is 2.69 bits per heavy atom. The third kappa shape index (κ3) is 6.40. The molecular formula is C21H35N3O3S2. The molecule has 164 valence electrons. The Labute approximate surface area is 180 Å². The number of sulfonamides is 1. The Kier molecular flexibility index (Phi) is 8.39. The van der Waals surface area contributed by atoms with Crippen molar-refractivity contribution in [2.24, 2.45) is 5.92 Å². The molecule has 3 rings (SSSR count). The average Bonchev–Trinajstić information content (AvgIpc) is 2.72. The maximum Gasteiger partial charge on any atom is 0.244 e. The molecular weight excluding hydrogens is 406 g/mol. The fraction of sp³-hybridized carbons (Fsp3) is 0.762. The molecule has 1 saturated carbocycles. The standard InChI is InChI=1S/C21H35N3O3S2/c1-17(2)14-24-11-12-27-19(15-24)16-28-21-10-9-20(13-22-21)29(25,26)23(3)18-7-5-4-6-8-18/h9-10,13,17-19H,4-8,11-12,14-16H2,1-3H3/t19-/m0/s1. The van der Waals surface area contributed by atoms with Crippen molar-refractivity contribution in [3.05, 3.63) is 18.3 Å². The summed E-state index contributed by atoms with van der Waals surface area (Å²) in [7, 11) is -1.77. The van der Waals surface area contributed by atoms with E-state index in [0.717, 1.165) is 62.7 Å². The lowest BCUT2D eigenvalue weighted by molar-refractivity contribution is -0.0191. The highest BCUT2D eigenvalue weighted by atomic mass is 32.2. The van der Waals surface area contributed by atoms with Crippen LogP contribution in [0, 0.1) is 5.92 Å². The maximum atomic E-state index is 12.9. The second kappa shape index (κ2) is 10.6. The number of pyridine rings is 1. The van der Waals surface area contributed by atoms with E-state index in [-0.39, 0.29) is 17.0 Å². The van der Waals surface area contributed by atoms with Crippen LogP contribution >= 0.6 is 11.8 Å². The summed E-state index contributed by atoms with van der Waals surface area (Å²) in [5, 5.41) is 0.842. The van der Waals surface area contributed by atoms with Crippen molar-refractivity contribution in [1.29, 1.82) is 0 Å². The molecule has 1 saturated heterocycles. The molecule has 1 aromatic heterocycles. The van der Waals surface area contributed by atoms with Gasteiger partial charge in [0.2, 0.25) is 10.0 Å². The average molecular weight is 442 g/mol. The van der Waals surface area contributed by atoms with E-state index in [4.69, 9.17) is 4.74 Å². The lowest BCUT2D eigenvalue weighted by atomic mass is 9.96. The Bertz CT molecular complexity index is 734. The monoisotopic (exact) mass is 441 g/mol. The smallest absolute Gasteiger partial charge is 0.244 e. The van der Waals surface area contributed by atoms with E-state index < -0.39 is 10.0 Å². The number of aromatic nitrogens is 1. The van der Waals surface area contributed by atoms with Crippen molar-refractivity contribution >= 4 is 21.8 Å². The normalized spacial score (nSPS) is 22.4. The van der Waals surface area contributed by atoms with Crippen molar-refractivity contribution in [1.82, 2.24) is 14.2 Å². The number of rotatable bonds is 8. The first kappa shape index (κ1) is 23.0. The molecule has 2 fully saturated rings. The zero-order chi connectivity index (χ0) is 20.9. The highest BCUT2D eigenvalue weighted by molar-refractivity contribution is 7.99. The number of thioether (sulfide) groups is 1. The second-order valence-electron chi connectivity index (χ2n) is 8.60. The van der Waals surface area contributed by atoms with E-state index in [2.05, 4.69) is 23.7 Å². The Morgan fingerprint density at radius 1 is 1.28 bits per heavy atom. The summed E-state index contributed by atoms with van der Waals surface area (Å²) in [5.41, 5.74) is 0. The van der Waals surface area contributed by atoms with Crippen LogP contribution < -0.4 is 0 Å².